The molecule has 0 spiro atoms. The molecule has 6 nitrogen and oxygen atoms in total. The Balaban J connectivity index is 2.26. The van der Waals surface area contributed by atoms with Crippen LogP contribution >= 0.6 is 0 Å². The smallest absolute Gasteiger partial charge is 0.331 e. The molecule has 8 heteroatoms. The van der Waals surface area contributed by atoms with Gasteiger partial charge in [-0.15, -0.1) is 0 Å². The van der Waals surface area contributed by atoms with Gasteiger partial charge in [-0.3, -0.25) is 4.79 Å². The Kier molecular flexibility index (Phi) is 6.11. The Morgan fingerprint density at radius 1 is 1.12 bits per heavy atom. The molecule has 1 amide bonds. The van der Waals surface area contributed by atoms with Crippen LogP contribution < -0.4 is 14.8 Å². The van der Waals surface area contributed by atoms with Gasteiger partial charge in [-0.2, -0.15) is 0 Å². The molecule has 0 aromatic heterocycles. The molecule has 0 aliphatic carbocycles. The number of halogens is 2. The summed E-state index contributed by atoms with van der Waals surface area (Å²) in [6.07, 6.45) is -0.250. The molecule has 0 saturated carbocycles. The van der Waals surface area contributed by atoms with Crippen LogP contribution in [0.3, 0.4) is 0 Å². The third-order valence-corrected chi connectivity index (χ3v) is 3.69. The summed E-state index contributed by atoms with van der Waals surface area (Å²) < 4.78 is 37.3. The van der Waals surface area contributed by atoms with Crippen LogP contribution in [0, 0.1) is 11.6 Å². The van der Waals surface area contributed by atoms with E-state index in [9.17, 15) is 23.5 Å². The highest BCUT2D eigenvalue weighted by Crippen LogP contribution is 2.29. The first kappa shape index (κ1) is 19.2. The summed E-state index contributed by atoms with van der Waals surface area (Å²) >= 11 is 0. The fourth-order valence-electron chi connectivity index (χ4n) is 2.48. The molecular weight excluding hydrogens is 348 g/mol. The van der Waals surface area contributed by atoms with E-state index in [1.54, 1.807) is 18.2 Å². The number of hydrogen-bond acceptors (Lipinski definition) is 4. The maximum absolute atomic E-state index is 13.9. The minimum atomic E-state index is -1.66. The van der Waals surface area contributed by atoms with Crippen molar-refractivity contribution >= 4 is 11.9 Å². The number of rotatable bonds is 7. The maximum Gasteiger partial charge on any atom is 0.331 e. The first-order valence-electron chi connectivity index (χ1n) is 7.54. The van der Waals surface area contributed by atoms with E-state index >= 15 is 0 Å². The summed E-state index contributed by atoms with van der Waals surface area (Å²) in [6.45, 7) is 0. The Morgan fingerprint density at radius 3 is 2.23 bits per heavy atom. The zero-order valence-electron chi connectivity index (χ0n) is 14.1. The topological polar surface area (TPSA) is 84.9 Å². The molecule has 1 atom stereocenters. The Hall–Kier alpha value is -3.16. The van der Waals surface area contributed by atoms with Crippen LogP contribution in [0.25, 0.3) is 0 Å². The molecule has 0 fully saturated rings. The summed E-state index contributed by atoms with van der Waals surface area (Å²) in [5.41, 5.74) is 0.0676. The van der Waals surface area contributed by atoms with Gasteiger partial charge in [0.25, 0.3) is 0 Å². The molecule has 2 N–H and O–H groups in total. The van der Waals surface area contributed by atoms with E-state index in [2.05, 4.69) is 5.32 Å². The fraction of sp³-hybridized carbons (Fsp3) is 0.222. The molecule has 2 aromatic carbocycles. The Labute approximate surface area is 148 Å². The second kappa shape index (κ2) is 8.28. The first-order chi connectivity index (χ1) is 12.4. The first-order valence-corrected chi connectivity index (χ1v) is 7.54. The minimum Gasteiger partial charge on any atom is -0.496 e. The van der Waals surface area contributed by atoms with Gasteiger partial charge in [-0.05, 0) is 18.2 Å². The van der Waals surface area contributed by atoms with Crippen LogP contribution in [0.4, 0.5) is 8.78 Å². The highest BCUT2D eigenvalue weighted by Gasteiger charge is 2.26. The average Bonchev–Trinajstić information content (AvgIpc) is 2.60. The molecule has 0 unspecified atom stereocenters. The van der Waals surface area contributed by atoms with Gasteiger partial charge in [0.1, 0.15) is 23.1 Å². The summed E-state index contributed by atoms with van der Waals surface area (Å²) in [4.78, 5) is 23.8. The number of benzene rings is 2. The van der Waals surface area contributed by atoms with Gasteiger partial charge in [-0.1, -0.05) is 12.1 Å². The largest absolute Gasteiger partial charge is 0.496 e. The summed E-state index contributed by atoms with van der Waals surface area (Å²) in [5, 5.41) is 11.5. The van der Waals surface area contributed by atoms with Gasteiger partial charge < -0.3 is 19.9 Å². The normalized spacial score (nSPS) is 11.5. The lowest BCUT2D eigenvalue weighted by molar-refractivity contribution is -0.142. The number of amides is 1. The van der Waals surface area contributed by atoms with Crippen molar-refractivity contribution in [1.82, 2.24) is 5.32 Å². The van der Waals surface area contributed by atoms with Crippen molar-refractivity contribution in [2.75, 3.05) is 14.2 Å². The number of carboxylic acids is 1. The van der Waals surface area contributed by atoms with Crippen molar-refractivity contribution in [3.8, 4) is 11.5 Å². The lowest BCUT2D eigenvalue weighted by Crippen LogP contribution is -2.35. The van der Waals surface area contributed by atoms with Crippen molar-refractivity contribution in [3.63, 3.8) is 0 Å². The molecule has 0 aliphatic rings. The number of nitrogens with one attached hydrogen (secondary N) is 1. The summed E-state index contributed by atoms with van der Waals surface area (Å²) in [6, 6.07) is 5.72. The van der Waals surface area contributed by atoms with Crippen molar-refractivity contribution in [3.05, 3.63) is 59.2 Å². The Morgan fingerprint density at radius 2 is 1.73 bits per heavy atom. The molecule has 2 rings (SSSR count). The lowest BCUT2D eigenvalue weighted by atomic mass is 10.0. The zero-order valence-corrected chi connectivity index (χ0v) is 14.1. The summed E-state index contributed by atoms with van der Waals surface area (Å²) in [5.74, 6) is -3.30. The van der Waals surface area contributed by atoms with Gasteiger partial charge in [0.15, 0.2) is 6.04 Å². The van der Waals surface area contributed by atoms with Crippen molar-refractivity contribution in [2.24, 2.45) is 0 Å². The van der Waals surface area contributed by atoms with Crippen molar-refractivity contribution in [1.29, 1.82) is 0 Å². The van der Waals surface area contributed by atoms with Gasteiger partial charge in [0.2, 0.25) is 5.91 Å². The van der Waals surface area contributed by atoms with Crippen molar-refractivity contribution < 1.29 is 33.0 Å². The standard InChI is InChI=1S/C18H17F2NO5/c1-25-14-4-3-5-15(26-2)12(14)9-16(22)21-17(18(23)24)11-7-6-10(19)8-13(11)20/h3-8,17H,9H2,1-2H3,(H,21,22)(H,23,24)/t17-/m0/s1. The van der Waals surface area contributed by atoms with E-state index in [-0.39, 0.29) is 12.0 Å². The number of carbonyl (C=O) groups is 2. The van der Waals surface area contributed by atoms with Gasteiger partial charge in [0.05, 0.1) is 20.6 Å². The number of ether oxygens (including phenoxy) is 2. The molecule has 0 bridgehead atoms. The van der Waals surface area contributed by atoms with Crippen LogP contribution in [0.5, 0.6) is 11.5 Å². The number of hydrogen-bond donors (Lipinski definition) is 2. The van der Waals surface area contributed by atoms with E-state index < -0.39 is 29.6 Å². The van der Waals surface area contributed by atoms with E-state index in [0.29, 0.717) is 23.1 Å². The predicted octanol–water partition coefficient (Wildman–Crippen LogP) is 2.47. The molecule has 26 heavy (non-hydrogen) atoms. The van der Waals surface area contributed by atoms with Gasteiger partial charge in [0, 0.05) is 17.2 Å². The fourth-order valence-corrected chi connectivity index (χ4v) is 2.48. The highest BCUT2D eigenvalue weighted by atomic mass is 19.1. The van der Waals surface area contributed by atoms with Crippen LogP contribution in [-0.4, -0.2) is 31.2 Å². The Bertz CT molecular complexity index is 803. The second-order valence-corrected chi connectivity index (χ2v) is 5.32. The van der Waals surface area contributed by atoms with E-state index in [0.717, 1.165) is 12.1 Å². The van der Waals surface area contributed by atoms with Gasteiger partial charge >= 0.3 is 5.97 Å². The van der Waals surface area contributed by atoms with Crippen LogP contribution in [-0.2, 0) is 16.0 Å². The molecule has 0 aliphatic heterocycles. The number of aliphatic carboxylic acids is 1. The lowest BCUT2D eigenvalue weighted by Gasteiger charge is -2.17. The van der Waals surface area contributed by atoms with Crippen molar-refractivity contribution in [2.45, 2.75) is 12.5 Å². The molecule has 0 heterocycles. The van der Waals surface area contributed by atoms with Gasteiger partial charge in [-0.25, -0.2) is 13.6 Å². The van der Waals surface area contributed by atoms with E-state index in [1.165, 1.54) is 14.2 Å². The zero-order chi connectivity index (χ0) is 19.3. The number of methoxy groups -OCH3 is 2. The molecule has 0 radical (unpaired) electrons. The SMILES string of the molecule is COc1cccc(OC)c1CC(=O)N[C@H](C(=O)O)c1ccc(F)cc1F. The molecule has 2 aromatic rings. The molecule has 0 saturated heterocycles. The maximum atomic E-state index is 13.9. The minimum absolute atomic E-state index is 0.250. The van der Waals surface area contributed by atoms with E-state index in [4.69, 9.17) is 9.47 Å². The third kappa shape index (κ3) is 4.27. The second-order valence-electron chi connectivity index (χ2n) is 5.32. The van der Waals surface area contributed by atoms with E-state index in [1.807, 2.05) is 0 Å². The highest BCUT2D eigenvalue weighted by molar-refractivity contribution is 5.86. The summed E-state index contributed by atoms with van der Waals surface area (Å²) in [7, 11) is 2.84. The predicted molar refractivity (Wildman–Crippen MR) is 88.1 cm³/mol. The monoisotopic (exact) mass is 365 g/mol. The van der Waals surface area contributed by atoms with Crippen LogP contribution in [0.15, 0.2) is 36.4 Å². The van der Waals surface area contributed by atoms with Crippen LogP contribution in [0.1, 0.15) is 17.2 Å². The molecular formula is C18H17F2NO5. The average molecular weight is 365 g/mol. The van der Waals surface area contributed by atoms with Crippen LogP contribution in [0.2, 0.25) is 0 Å². The number of carboxylic acid groups (broad SMARTS) is 1. The third-order valence-electron chi connectivity index (χ3n) is 3.69. The quantitative estimate of drug-likeness (QED) is 0.787. The molecule has 138 valence electrons. The number of carbonyl (C=O) groups excluding carboxylic acids is 1.